The van der Waals surface area contributed by atoms with E-state index >= 15 is 0 Å². The Morgan fingerprint density at radius 1 is 1.17 bits per heavy atom. The van der Waals surface area contributed by atoms with Crippen molar-refractivity contribution < 1.29 is 9.66 Å². The second-order valence-corrected chi connectivity index (χ2v) is 9.98. The van der Waals surface area contributed by atoms with Gasteiger partial charge in [-0.25, -0.2) is 4.98 Å². The van der Waals surface area contributed by atoms with E-state index in [-0.39, 0.29) is 23.8 Å². The largest absolute Gasteiger partial charge is 0.488 e. The Kier molecular flexibility index (Phi) is 7.95. The van der Waals surface area contributed by atoms with E-state index in [1.54, 1.807) is 30.5 Å². The third kappa shape index (κ3) is 5.71. The normalized spacial score (nSPS) is 12.2. The van der Waals surface area contributed by atoms with Crippen LogP contribution in [0.1, 0.15) is 43.1 Å². The van der Waals surface area contributed by atoms with Crippen molar-refractivity contribution in [2.45, 2.75) is 32.8 Å². The van der Waals surface area contributed by atoms with Gasteiger partial charge in [-0.1, -0.05) is 41.9 Å². The van der Waals surface area contributed by atoms with Crippen LogP contribution >= 0.6 is 31.9 Å². The highest BCUT2D eigenvalue weighted by molar-refractivity contribution is 9.10. The molecular formula is C26H22Br2N4O4. The summed E-state index contributed by atoms with van der Waals surface area (Å²) in [6, 6.07) is 17.2. The first-order valence-corrected chi connectivity index (χ1v) is 12.8. The maximum Gasteiger partial charge on any atom is 0.282 e. The van der Waals surface area contributed by atoms with Crippen LogP contribution in [0.5, 0.6) is 5.75 Å². The van der Waals surface area contributed by atoms with Gasteiger partial charge in [0.05, 0.1) is 26.5 Å². The van der Waals surface area contributed by atoms with Crippen LogP contribution in [-0.4, -0.2) is 20.8 Å². The highest BCUT2D eigenvalue weighted by Crippen LogP contribution is 2.27. The van der Waals surface area contributed by atoms with Crippen molar-refractivity contribution in [1.82, 2.24) is 9.66 Å². The molecular weight excluding hydrogens is 592 g/mol. The minimum absolute atomic E-state index is 0.0178. The summed E-state index contributed by atoms with van der Waals surface area (Å²) >= 11 is 6.93. The third-order valence-electron chi connectivity index (χ3n) is 5.68. The van der Waals surface area contributed by atoms with Gasteiger partial charge in [-0.15, -0.1) is 0 Å². The predicted octanol–water partition coefficient (Wildman–Crippen LogP) is 6.80. The maximum atomic E-state index is 13.3. The molecule has 3 aromatic carbocycles. The van der Waals surface area contributed by atoms with Crippen molar-refractivity contribution in [2.75, 3.05) is 0 Å². The molecule has 4 aromatic rings. The standard InChI is InChI=1S/C26H22Br2N4O4/c1-3-16(2)25-30-23-9-8-19(27)13-21(23)26(33)31(25)29-14-17-7-10-24(22(28)12-17)36-15-18-5-4-6-20(11-18)32(34)35/h4-14,16H,3,15H2,1-2H3/t16-/m1/s1. The molecule has 0 saturated carbocycles. The van der Waals surface area contributed by atoms with Crippen LogP contribution in [0.2, 0.25) is 0 Å². The molecule has 0 unspecified atom stereocenters. The quantitative estimate of drug-likeness (QED) is 0.124. The number of benzene rings is 3. The third-order valence-corrected chi connectivity index (χ3v) is 6.79. The number of nitro benzene ring substituents is 1. The van der Waals surface area contributed by atoms with E-state index in [0.29, 0.717) is 32.5 Å². The SMILES string of the molecule is CC[C@@H](C)c1nc2ccc(Br)cc2c(=O)n1N=Cc1ccc(OCc2cccc([N+](=O)[O-])c2)c(Br)c1. The second-order valence-electron chi connectivity index (χ2n) is 8.21. The number of ether oxygens (including phenoxy) is 1. The molecule has 184 valence electrons. The van der Waals surface area contributed by atoms with Gasteiger partial charge in [-0.05, 0) is 69.9 Å². The van der Waals surface area contributed by atoms with Gasteiger partial charge in [0.25, 0.3) is 11.2 Å². The van der Waals surface area contributed by atoms with Crippen molar-refractivity contribution in [3.05, 3.63) is 107 Å². The van der Waals surface area contributed by atoms with E-state index in [9.17, 15) is 14.9 Å². The minimum Gasteiger partial charge on any atom is -0.488 e. The first-order chi connectivity index (χ1) is 17.3. The Morgan fingerprint density at radius 2 is 1.97 bits per heavy atom. The van der Waals surface area contributed by atoms with Gasteiger partial charge in [0.2, 0.25) is 0 Å². The molecule has 0 amide bonds. The van der Waals surface area contributed by atoms with Crippen LogP contribution in [0.25, 0.3) is 10.9 Å². The number of non-ortho nitro benzene ring substituents is 1. The van der Waals surface area contributed by atoms with Gasteiger partial charge in [0.15, 0.2) is 0 Å². The molecule has 4 rings (SSSR count). The average Bonchev–Trinajstić information content (AvgIpc) is 2.87. The first-order valence-electron chi connectivity index (χ1n) is 11.2. The molecule has 10 heteroatoms. The van der Waals surface area contributed by atoms with Gasteiger partial charge >= 0.3 is 0 Å². The first kappa shape index (κ1) is 25.7. The molecule has 0 aliphatic heterocycles. The number of aromatic nitrogens is 2. The topological polar surface area (TPSA) is 99.6 Å². The lowest BCUT2D eigenvalue weighted by atomic mass is 10.1. The molecule has 8 nitrogen and oxygen atoms in total. The molecule has 1 aromatic heterocycles. The summed E-state index contributed by atoms with van der Waals surface area (Å²) in [5, 5.41) is 16.0. The molecule has 36 heavy (non-hydrogen) atoms. The zero-order chi connectivity index (χ0) is 25.8. The van der Waals surface area contributed by atoms with Gasteiger partial charge in [0.1, 0.15) is 18.2 Å². The number of hydrogen-bond donors (Lipinski definition) is 0. The molecule has 0 aliphatic carbocycles. The summed E-state index contributed by atoms with van der Waals surface area (Å²) in [6.45, 7) is 4.24. The Labute approximate surface area is 224 Å². The Morgan fingerprint density at radius 3 is 2.69 bits per heavy atom. The van der Waals surface area contributed by atoms with Crippen molar-refractivity contribution in [1.29, 1.82) is 0 Å². The van der Waals surface area contributed by atoms with E-state index in [1.165, 1.54) is 16.8 Å². The zero-order valence-corrected chi connectivity index (χ0v) is 22.7. The minimum atomic E-state index is -0.435. The lowest BCUT2D eigenvalue weighted by Crippen LogP contribution is -2.23. The monoisotopic (exact) mass is 612 g/mol. The molecule has 0 bridgehead atoms. The molecule has 0 fully saturated rings. The second kappa shape index (κ2) is 11.1. The summed E-state index contributed by atoms with van der Waals surface area (Å²) in [7, 11) is 0. The fraction of sp³-hybridized carbons (Fsp3) is 0.192. The van der Waals surface area contributed by atoms with E-state index < -0.39 is 4.92 Å². The van der Waals surface area contributed by atoms with Crippen LogP contribution in [0.15, 0.2) is 79.5 Å². The van der Waals surface area contributed by atoms with Crippen LogP contribution < -0.4 is 10.3 Å². The predicted molar refractivity (Wildman–Crippen MR) is 147 cm³/mol. The number of hydrogen-bond acceptors (Lipinski definition) is 6. The lowest BCUT2D eigenvalue weighted by Gasteiger charge is -2.14. The Bertz CT molecular complexity index is 1530. The van der Waals surface area contributed by atoms with E-state index in [1.807, 2.05) is 38.1 Å². The van der Waals surface area contributed by atoms with Crippen molar-refractivity contribution in [3.8, 4) is 5.75 Å². The number of nitrogens with zero attached hydrogens (tertiary/aromatic N) is 4. The van der Waals surface area contributed by atoms with E-state index in [2.05, 4.69) is 37.0 Å². The van der Waals surface area contributed by atoms with Crippen LogP contribution in [0.3, 0.4) is 0 Å². The molecule has 0 saturated heterocycles. The lowest BCUT2D eigenvalue weighted by molar-refractivity contribution is -0.384. The molecule has 0 N–H and O–H groups in total. The van der Waals surface area contributed by atoms with Crippen molar-refractivity contribution in [3.63, 3.8) is 0 Å². The zero-order valence-electron chi connectivity index (χ0n) is 19.5. The summed E-state index contributed by atoms with van der Waals surface area (Å²) in [6.07, 6.45) is 2.42. The van der Waals surface area contributed by atoms with Gasteiger partial charge in [-0.2, -0.15) is 9.78 Å². The van der Waals surface area contributed by atoms with Crippen molar-refractivity contribution in [2.24, 2.45) is 5.10 Å². The summed E-state index contributed by atoms with van der Waals surface area (Å²) < 4.78 is 8.68. The molecule has 0 aliphatic rings. The number of rotatable bonds is 8. The summed E-state index contributed by atoms with van der Waals surface area (Å²) in [5.41, 5.74) is 1.86. The fourth-order valence-electron chi connectivity index (χ4n) is 3.54. The van der Waals surface area contributed by atoms with Gasteiger partial charge in [-0.3, -0.25) is 14.9 Å². The Balaban J connectivity index is 1.60. The molecule has 0 spiro atoms. The summed E-state index contributed by atoms with van der Waals surface area (Å²) in [5.74, 6) is 1.22. The molecule has 1 heterocycles. The highest BCUT2D eigenvalue weighted by atomic mass is 79.9. The smallest absolute Gasteiger partial charge is 0.282 e. The Hall–Kier alpha value is -3.37. The van der Waals surface area contributed by atoms with Gasteiger partial charge in [0, 0.05) is 22.5 Å². The van der Waals surface area contributed by atoms with Crippen LogP contribution in [-0.2, 0) is 6.61 Å². The van der Waals surface area contributed by atoms with E-state index in [0.717, 1.165) is 16.5 Å². The number of halogens is 2. The number of fused-ring (bicyclic) bond motifs is 1. The number of nitro groups is 1. The average molecular weight is 614 g/mol. The van der Waals surface area contributed by atoms with Crippen LogP contribution in [0.4, 0.5) is 5.69 Å². The maximum absolute atomic E-state index is 13.3. The van der Waals surface area contributed by atoms with Gasteiger partial charge < -0.3 is 4.74 Å². The molecule has 0 radical (unpaired) electrons. The van der Waals surface area contributed by atoms with E-state index in [4.69, 9.17) is 9.72 Å². The molecule has 1 atom stereocenters. The van der Waals surface area contributed by atoms with Crippen LogP contribution in [0, 0.1) is 10.1 Å². The van der Waals surface area contributed by atoms with Crippen molar-refractivity contribution >= 4 is 54.7 Å². The fourth-order valence-corrected chi connectivity index (χ4v) is 4.41. The summed E-state index contributed by atoms with van der Waals surface area (Å²) in [4.78, 5) is 28.5. The highest BCUT2D eigenvalue weighted by Gasteiger charge is 2.16.